The Balaban J connectivity index is 1.72. The van der Waals surface area contributed by atoms with Crippen molar-refractivity contribution >= 4 is 5.78 Å². The third kappa shape index (κ3) is 3.77. The van der Waals surface area contributed by atoms with Gasteiger partial charge in [0.15, 0.2) is 5.78 Å². The van der Waals surface area contributed by atoms with Crippen LogP contribution in [0.15, 0.2) is 54.6 Å². The Morgan fingerprint density at radius 1 is 1.11 bits per heavy atom. The topological polar surface area (TPSA) is 73.6 Å². The summed E-state index contributed by atoms with van der Waals surface area (Å²) in [6, 6.07) is 17.0. The lowest BCUT2D eigenvalue weighted by Crippen LogP contribution is -2.04. The monoisotopic (exact) mass is 378 g/mol. The van der Waals surface area contributed by atoms with Crippen LogP contribution in [0.25, 0.3) is 16.9 Å². The highest BCUT2D eigenvalue weighted by atomic mass is 16.5. The minimum Gasteiger partial charge on any atom is -0.497 e. The van der Waals surface area contributed by atoms with Gasteiger partial charge < -0.3 is 14.6 Å². The van der Waals surface area contributed by atoms with Gasteiger partial charge in [0.1, 0.15) is 23.8 Å². The number of aromatic nitrogens is 2. The van der Waals surface area contributed by atoms with Crippen molar-refractivity contribution in [3.05, 3.63) is 60.3 Å². The number of carbonyl (C=O) groups excluding carboxylic acids is 1. The summed E-state index contributed by atoms with van der Waals surface area (Å²) in [5, 5.41) is 13.5. The molecule has 28 heavy (non-hydrogen) atoms. The van der Waals surface area contributed by atoms with Gasteiger partial charge in [-0.15, -0.1) is 0 Å². The van der Waals surface area contributed by atoms with Gasteiger partial charge in [0.05, 0.1) is 25.1 Å². The number of nitrogens with zero attached hydrogens (tertiary/aromatic N) is 2. The van der Waals surface area contributed by atoms with Crippen molar-refractivity contribution in [2.24, 2.45) is 5.92 Å². The number of hydrogen-bond donors (Lipinski definition) is 1. The van der Waals surface area contributed by atoms with Crippen molar-refractivity contribution in [3.8, 4) is 28.4 Å². The fraction of sp³-hybridized carbons (Fsp3) is 0.273. The van der Waals surface area contributed by atoms with Gasteiger partial charge in [-0.3, -0.25) is 4.79 Å². The van der Waals surface area contributed by atoms with E-state index in [9.17, 15) is 4.79 Å². The van der Waals surface area contributed by atoms with Crippen molar-refractivity contribution < 1.29 is 19.4 Å². The summed E-state index contributed by atoms with van der Waals surface area (Å²) < 4.78 is 12.5. The molecule has 1 heterocycles. The number of carbonyl (C=O) groups is 1. The Morgan fingerprint density at radius 2 is 1.79 bits per heavy atom. The molecule has 3 aromatic rings. The zero-order valence-electron chi connectivity index (χ0n) is 15.7. The quantitative estimate of drug-likeness (QED) is 0.607. The molecule has 6 nitrogen and oxygen atoms in total. The zero-order chi connectivity index (χ0) is 19.5. The third-order valence-corrected chi connectivity index (χ3v) is 4.74. The SMILES string of the molecule is COc1ccc(-n2nc(C(=O)C3CC3)cc2-c2ccc(OCCO)cc2)cc1. The molecule has 0 bridgehead atoms. The highest BCUT2D eigenvalue weighted by molar-refractivity contribution is 5.98. The maximum Gasteiger partial charge on any atom is 0.186 e. The first-order valence-electron chi connectivity index (χ1n) is 9.32. The summed E-state index contributed by atoms with van der Waals surface area (Å²) >= 11 is 0. The molecular formula is C22H22N2O4. The maximum atomic E-state index is 12.6. The van der Waals surface area contributed by atoms with E-state index in [1.807, 2.05) is 54.6 Å². The van der Waals surface area contributed by atoms with E-state index in [1.165, 1.54) is 0 Å². The Kier molecular flexibility index (Phi) is 5.12. The highest BCUT2D eigenvalue weighted by Crippen LogP contribution is 2.34. The van der Waals surface area contributed by atoms with E-state index in [0.717, 1.165) is 35.5 Å². The summed E-state index contributed by atoms with van der Waals surface area (Å²) in [5.41, 5.74) is 3.11. The largest absolute Gasteiger partial charge is 0.497 e. The number of benzene rings is 2. The van der Waals surface area contributed by atoms with Crippen LogP contribution in [0.4, 0.5) is 0 Å². The van der Waals surface area contributed by atoms with E-state index in [1.54, 1.807) is 11.8 Å². The number of Topliss-reactive ketones (excluding diaryl/α,β-unsaturated/α-hetero) is 1. The van der Waals surface area contributed by atoms with Crippen LogP contribution in [0.2, 0.25) is 0 Å². The zero-order valence-corrected chi connectivity index (χ0v) is 15.7. The summed E-state index contributed by atoms with van der Waals surface area (Å²) in [6.07, 6.45) is 1.89. The standard InChI is InChI=1S/C22H22N2O4/c1-27-18-10-6-17(7-11-18)24-21(14-20(23-24)22(26)16-2-3-16)15-4-8-19(9-5-15)28-13-12-25/h4-11,14,16,25H,2-3,12-13H2,1H3. The first kappa shape index (κ1) is 18.3. The second-order valence-electron chi connectivity index (χ2n) is 6.76. The fourth-order valence-corrected chi connectivity index (χ4v) is 3.07. The van der Waals surface area contributed by atoms with Gasteiger partial charge in [0.2, 0.25) is 0 Å². The molecule has 1 aliphatic rings. The first-order valence-corrected chi connectivity index (χ1v) is 9.32. The minimum atomic E-state index is -0.0291. The van der Waals surface area contributed by atoms with Gasteiger partial charge >= 0.3 is 0 Å². The van der Waals surface area contributed by atoms with Crippen molar-refractivity contribution in [2.75, 3.05) is 20.3 Å². The summed E-state index contributed by atoms with van der Waals surface area (Å²) in [4.78, 5) is 12.6. The summed E-state index contributed by atoms with van der Waals surface area (Å²) in [6.45, 7) is 0.224. The Labute approximate surface area is 163 Å². The smallest absolute Gasteiger partial charge is 0.186 e. The van der Waals surface area contributed by atoms with E-state index in [-0.39, 0.29) is 24.9 Å². The van der Waals surface area contributed by atoms with E-state index in [0.29, 0.717) is 11.4 Å². The molecule has 0 saturated heterocycles. The van der Waals surface area contributed by atoms with Crippen LogP contribution in [0.3, 0.4) is 0 Å². The molecule has 0 radical (unpaired) electrons. The second-order valence-corrected chi connectivity index (χ2v) is 6.76. The molecule has 1 N–H and O–H groups in total. The molecule has 1 aromatic heterocycles. The summed E-state index contributed by atoms with van der Waals surface area (Å²) in [7, 11) is 1.63. The van der Waals surface area contributed by atoms with Crippen LogP contribution >= 0.6 is 0 Å². The van der Waals surface area contributed by atoms with Gasteiger partial charge in [-0.2, -0.15) is 5.10 Å². The van der Waals surface area contributed by atoms with Crippen LogP contribution < -0.4 is 9.47 Å². The van der Waals surface area contributed by atoms with Gasteiger partial charge in [-0.25, -0.2) is 4.68 Å². The first-order chi connectivity index (χ1) is 13.7. The second kappa shape index (κ2) is 7.86. The lowest BCUT2D eigenvalue weighted by molar-refractivity contribution is 0.0962. The molecule has 0 aliphatic heterocycles. The molecule has 2 aromatic carbocycles. The average molecular weight is 378 g/mol. The van der Waals surface area contributed by atoms with E-state index < -0.39 is 0 Å². The molecule has 1 aliphatic carbocycles. The Morgan fingerprint density at radius 3 is 2.39 bits per heavy atom. The van der Waals surface area contributed by atoms with Gasteiger partial charge in [-0.1, -0.05) is 0 Å². The fourth-order valence-electron chi connectivity index (χ4n) is 3.07. The predicted octanol–water partition coefficient (Wildman–Crippen LogP) is 3.51. The molecular weight excluding hydrogens is 356 g/mol. The normalized spacial score (nSPS) is 13.4. The summed E-state index contributed by atoms with van der Waals surface area (Å²) in [5.74, 6) is 1.66. The van der Waals surface area contributed by atoms with E-state index in [4.69, 9.17) is 14.6 Å². The van der Waals surface area contributed by atoms with E-state index in [2.05, 4.69) is 5.10 Å². The third-order valence-electron chi connectivity index (χ3n) is 4.74. The molecule has 4 rings (SSSR count). The lowest BCUT2D eigenvalue weighted by atomic mass is 10.1. The Bertz CT molecular complexity index is 957. The maximum absolute atomic E-state index is 12.6. The van der Waals surface area contributed by atoms with Crippen LogP contribution in [-0.4, -0.2) is 41.0 Å². The number of methoxy groups -OCH3 is 1. The molecule has 144 valence electrons. The van der Waals surface area contributed by atoms with Crippen molar-refractivity contribution in [1.82, 2.24) is 9.78 Å². The average Bonchev–Trinajstić information content (AvgIpc) is 3.50. The van der Waals surface area contributed by atoms with Crippen molar-refractivity contribution in [1.29, 1.82) is 0 Å². The number of rotatable bonds is 8. The molecule has 0 unspecified atom stereocenters. The molecule has 0 atom stereocenters. The van der Waals surface area contributed by atoms with Crippen molar-refractivity contribution in [2.45, 2.75) is 12.8 Å². The van der Waals surface area contributed by atoms with Crippen LogP contribution in [0.1, 0.15) is 23.3 Å². The molecule has 0 amide bonds. The molecule has 0 spiro atoms. The van der Waals surface area contributed by atoms with Gasteiger partial charge in [0, 0.05) is 11.5 Å². The van der Waals surface area contributed by atoms with Crippen LogP contribution in [0, 0.1) is 5.92 Å². The number of aliphatic hydroxyl groups is 1. The molecule has 1 fully saturated rings. The number of hydrogen-bond acceptors (Lipinski definition) is 5. The highest BCUT2D eigenvalue weighted by Gasteiger charge is 2.32. The molecule has 6 heteroatoms. The Hall–Kier alpha value is -3.12. The minimum absolute atomic E-state index is 0.0291. The number of ketones is 1. The number of ether oxygens (including phenoxy) is 2. The van der Waals surface area contributed by atoms with Gasteiger partial charge in [0.25, 0.3) is 0 Å². The van der Waals surface area contributed by atoms with E-state index >= 15 is 0 Å². The van der Waals surface area contributed by atoms with Gasteiger partial charge in [-0.05, 0) is 67.4 Å². The number of aliphatic hydroxyl groups excluding tert-OH is 1. The van der Waals surface area contributed by atoms with Crippen molar-refractivity contribution in [3.63, 3.8) is 0 Å². The molecule has 1 saturated carbocycles. The van der Waals surface area contributed by atoms with Crippen LogP contribution in [-0.2, 0) is 0 Å². The predicted molar refractivity (Wildman–Crippen MR) is 105 cm³/mol. The van der Waals surface area contributed by atoms with Crippen LogP contribution in [0.5, 0.6) is 11.5 Å². The lowest BCUT2D eigenvalue weighted by Gasteiger charge is -2.09.